The van der Waals surface area contributed by atoms with Crippen molar-refractivity contribution in [1.29, 1.82) is 0 Å². The van der Waals surface area contributed by atoms with Gasteiger partial charge in [0, 0.05) is 34.9 Å². The molecule has 9 heteroatoms. The summed E-state index contributed by atoms with van der Waals surface area (Å²) in [5, 5.41) is 5.37. The van der Waals surface area contributed by atoms with E-state index >= 15 is 0 Å². The quantitative estimate of drug-likeness (QED) is 0.516. The van der Waals surface area contributed by atoms with Gasteiger partial charge in [0.2, 0.25) is 0 Å². The smallest absolute Gasteiger partial charge is 0.319 e. The Morgan fingerprint density at radius 1 is 1.17 bits per heavy atom. The largest absolute Gasteiger partial charge is 0.460 e. The van der Waals surface area contributed by atoms with E-state index < -0.39 is 23.6 Å². The molecule has 0 bridgehead atoms. The van der Waals surface area contributed by atoms with Gasteiger partial charge < -0.3 is 20.4 Å². The van der Waals surface area contributed by atoms with E-state index in [1.807, 2.05) is 0 Å². The third-order valence-corrected chi connectivity index (χ3v) is 4.30. The zero-order valence-corrected chi connectivity index (χ0v) is 18.2. The molecule has 2 rings (SSSR count). The molecular formula is C20H25BrN4O4. The number of hydrogen-bond donors (Lipinski definition) is 3. The van der Waals surface area contributed by atoms with E-state index in [0.29, 0.717) is 11.4 Å². The molecule has 1 heterocycles. The number of imidazole rings is 1. The Morgan fingerprint density at radius 2 is 1.86 bits per heavy atom. The van der Waals surface area contributed by atoms with E-state index in [9.17, 15) is 14.4 Å². The summed E-state index contributed by atoms with van der Waals surface area (Å²) in [4.78, 5) is 43.8. The van der Waals surface area contributed by atoms with Gasteiger partial charge in [0.1, 0.15) is 5.60 Å². The predicted molar refractivity (Wildman–Crippen MR) is 112 cm³/mol. The molecule has 8 nitrogen and oxygen atoms in total. The first-order valence-electron chi connectivity index (χ1n) is 9.17. The molecule has 0 aliphatic rings. The van der Waals surface area contributed by atoms with Crippen LogP contribution < -0.4 is 10.6 Å². The third-order valence-electron chi connectivity index (χ3n) is 3.77. The topological polar surface area (TPSA) is 113 Å². The fourth-order valence-electron chi connectivity index (χ4n) is 2.51. The number of nitrogens with zero attached hydrogens (tertiary/aromatic N) is 1. The number of nitrogens with one attached hydrogen (secondary N) is 3. The number of halogens is 1. The number of anilines is 1. The van der Waals surface area contributed by atoms with Gasteiger partial charge in [0.05, 0.1) is 18.8 Å². The van der Waals surface area contributed by atoms with Crippen molar-refractivity contribution in [3.63, 3.8) is 0 Å². The zero-order chi connectivity index (χ0) is 21.4. The molecule has 0 aliphatic heterocycles. The Balaban J connectivity index is 1.98. The maximum Gasteiger partial charge on any atom is 0.319 e. The Morgan fingerprint density at radius 3 is 2.45 bits per heavy atom. The molecule has 0 fully saturated rings. The lowest BCUT2D eigenvalue weighted by Gasteiger charge is -2.20. The highest BCUT2D eigenvalue weighted by Gasteiger charge is 2.24. The molecule has 29 heavy (non-hydrogen) atoms. The van der Waals surface area contributed by atoms with Crippen LogP contribution in [0.1, 0.15) is 39.3 Å². The van der Waals surface area contributed by atoms with Crippen LogP contribution in [-0.4, -0.2) is 39.4 Å². The summed E-state index contributed by atoms with van der Waals surface area (Å²) in [6.45, 7) is 5.30. The SMILES string of the molecule is CC(C)(C)OC(=O)CCC(=O)C(Cc1cnc[nH]1)NC(=O)Nc1ccc(Br)cc1. The number of rotatable bonds is 8. The summed E-state index contributed by atoms with van der Waals surface area (Å²) in [5.74, 6) is -0.720. The van der Waals surface area contributed by atoms with Crippen molar-refractivity contribution in [3.8, 4) is 0 Å². The minimum absolute atomic E-state index is 0.0354. The molecule has 1 aromatic heterocycles. The molecular weight excluding hydrogens is 440 g/mol. The van der Waals surface area contributed by atoms with Gasteiger partial charge in [-0.1, -0.05) is 15.9 Å². The average Bonchev–Trinajstić information content (AvgIpc) is 3.13. The van der Waals surface area contributed by atoms with Crippen LogP contribution in [0.25, 0.3) is 0 Å². The normalized spacial score (nSPS) is 12.1. The van der Waals surface area contributed by atoms with E-state index in [1.54, 1.807) is 51.2 Å². The van der Waals surface area contributed by atoms with Crippen LogP contribution in [0.3, 0.4) is 0 Å². The molecule has 1 unspecified atom stereocenters. The highest BCUT2D eigenvalue weighted by atomic mass is 79.9. The van der Waals surface area contributed by atoms with Gasteiger partial charge in [-0.25, -0.2) is 9.78 Å². The highest BCUT2D eigenvalue weighted by molar-refractivity contribution is 9.10. The Kier molecular flexibility index (Phi) is 7.95. The first-order chi connectivity index (χ1) is 13.6. The Labute approximate surface area is 177 Å². The van der Waals surface area contributed by atoms with Gasteiger partial charge in [-0.05, 0) is 45.0 Å². The summed E-state index contributed by atoms with van der Waals surface area (Å²) in [6, 6.07) is 5.74. The van der Waals surface area contributed by atoms with Gasteiger partial charge in [0.25, 0.3) is 0 Å². The molecule has 0 aliphatic carbocycles. The second-order valence-corrected chi connectivity index (χ2v) is 8.41. The van der Waals surface area contributed by atoms with Crippen molar-refractivity contribution in [1.82, 2.24) is 15.3 Å². The Bertz CT molecular complexity index is 829. The highest BCUT2D eigenvalue weighted by Crippen LogP contribution is 2.14. The first-order valence-corrected chi connectivity index (χ1v) is 9.96. The lowest BCUT2D eigenvalue weighted by atomic mass is 10.0. The lowest BCUT2D eigenvalue weighted by molar-refractivity contribution is -0.155. The van der Waals surface area contributed by atoms with E-state index in [-0.39, 0.29) is 25.0 Å². The van der Waals surface area contributed by atoms with Gasteiger partial charge >= 0.3 is 12.0 Å². The maximum atomic E-state index is 12.7. The second-order valence-electron chi connectivity index (χ2n) is 7.49. The van der Waals surface area contributed by atoms with Gasteiger partial charge in [-0.15, -0.1) is 0 Å². The monoisotopic (exact) mass is 464 g/mol. The molecule has 2 amide bonds. The molecule has 0 saturated carbocycles. The summed E-state index contributed by atoms with van der Waals surface area (Å²) >= 11 is 3.33. The fourth-order valence-corrected chi connectivity index (χ4v) is 2.78. The number of amides is 2. The average molecular weight is 465 g/mol. The van der Waals surface area contributed by atoms with E-state index in [1.165, 1.54) is 6.33 Å². The number of esters is 1. The van der Waals surface area contributed by atoms with Gasteiger partial charge in [-0.2, -0.15) is 0 Å². The van der Waals surface area contributed by atoms with Crippen molar-refractivity contribution < 1.29 is 19.1 Å². The molecule has 0 saturated heterocycles. The molecule has 156 valence electrons. The van der Waals surface area contributed by atoms with Crippen molar-refractivity contribution in [3.05, 3.63) is 47.0 Å². The summed E-state index contributed by atoms with van der Waals surface area (Å²) in [7, 11) is 0. The van der Waals surface area contributed by atoms with Crippen LogP contribution in [0, 0.1) is 0 Å². The number of carbonyl (C=O) groups excluding carboxylic acids is 3. The second kappa shape index (κ2) is 10.2. The van der Waals surface area contributed by atoms with Crippen molar-refractivity contribution >= 4 is 39.4 Å². The number of hydrogen-bond acceptors (Lipinski definition) is 5. The summed E-state index contributed by atoms with van der Waals surface area (Å²) in [5.41, 5.74) is 0.676. The summed E-state index contributed by atoms with van der Waals surface area (Å²) in [6.07, 6.45) is 3.24. The fraction of sp³-hybridized carbons (Fsp3) is 0.400. The zero-order valence-electron chi connectivity index (χ0n) is 16.6. The van der Waals surface area contributed by atoms with E-state index in [0.717, 1.165) is 4.47 Å². The van der Waals surface area contributed by atoms with Crippen molar-refractivity contribution in [2.45, 2.75) is 51.7 Å². The van der Waals surface area contributed by atoms with Crippen LogP contribution in [0.2, 0.25) is 0 Å². The van der Waals surface area contributed by atoms with Gasteiger partial charge in [0.15, 0.2) is 5.78 Å². The van der Waals surface area contributed by atoms with Crippen LogP contribution in [-0.2, 0) is 20.7 Å². The van der Waals surface area contributed by atoms with Crippen molar-refractivity contribution in [2.75, 3.05) is 5.32 Å². The molecule has 1 atom stereocenters. The number of ether oxygens (including phenoxy) is 1. The molecule has 3 N–H and O–H groups in total. The van der Waals surface area contributed by atoms with Gasteiger partial charge in [-0.3, -0.25) is 9.59 Å². The molecule has 0 spiro atoms. The molecule has 0 radical (unpaired) electrons. The number of benzene rings is 1. The van der Waals surface area contributed by atoms with E-state index in [4.69, 9.17) is 4.74 Å². The van der Waals surface area contributed by atoms with Crippen LogP contribution in [0.4, 0.5) is 10.5 Å². The van der Waals surface area contributed by atoms with E-state index in [2.05, 4.69) is 36.5 Å². The number of ketones is 1. The standard InChI is InChI=1S/C20H25BrN4O4/c1-20(2,3)29-18(27)9-8-17(26)16(10-15-11-22-12-23-15)25-19(28)24-14-6-4-13(21)5-7-14/h4-7,11-12,16H,8-10H2,1-3H3,(H,22,23)(H2,24,25,28). The third kappa shape index (κ3) is 8.47. The number of carbonyl (C=O) groups is 3. The van der Waals surface area contributed by atoms with Crippen LogP contribution in [0.15, 0.2) is 41.3 Å². The molecule has 2 aromatic rings. The number of H-pyrrole nitrogens is 1. The minimum atomic E-state index is -0.812. The summed E-state index contributed by atoms with van der Waals surface area (Å²) < 4.78 is 6.12. The number of aromatic amines is 1. The first kappa shape index (κ1) is 22.6. The predicted octanol–water partition coefficient (Wildman–Crippen LogP) is 3.60. The Hall–Kier alpha value is -2.68. The number of aromatic nitrogens is 2. The maximum absolute atomic E-state index is 12.7. The number of Topliss-reactive ketones (excluding diaryl/α,β-unsaturated/α-hetero) is 1. The number of urea groups is 1. The lowest BCUT2D eigenvalue weighted by Crippen LogP contribution is -2.44. The minimum Gasteiger partial charge on any atom is -0.460 e. The van der Waals surface area contributed by atoms with Crippen LogP contribution in [0.5, 0.6) is 0 Å². The van der Waals surface area contributed by atoms with Crippen LogP contribution >= 0.6 is 15.9 Å². The van der Waals surface area contributed by atoms with Crippen molar-refractivity contribution in [2.24, 2.45) is 0 Å². The molecule has 1 aromatic carbocycles.